The van der Waals surface area contributed by atoms with Gasteiger partial charge >= 0.3 is 5.69 Å². The third kappa shape index (κ3) is 2.28. The Morgan fingerprint density at radius 3 is 2.82 bits per heavy atom. The lowest BCUT2D eigenvalue weighted by molar-refractivity contribution is -0.385. The van der Waals surface area contributed by atoms with E-state index in [1.54, 1.807) is 37.5 Å². The fourth-order valence-corrected chi connectivity index (χ4v) is 1.53. The maximum absolute atomic E-state index is 10.8. The van der Waals surface area contributed by atoms with Gasteiger partial charge < -0.3 is 9.15 Å². The topological polar surface area (TPSA) is 65.5 Å². The molecule has 1 aromatic heterocycles. The number of benzene rings is 1. The normalized spacial score (nSPS) is 10.2. The van der Waals surface area contributed by atoms with E-state index in [0.717, 1.165) is 5.56 Å². The van der Waals surface area contributed by atoms with Crippen molar-refractivity contribution in [2.75, 3.05) is 6.61 Å². The first-order valence-corrected chi connectivity index (χ1v) is 5.17. The molecule has 2 rings (SSSR count). The van der Waals surface area contributed by atoms with Gasteiger partial charge in [0.1, 0.15) is 5.76 Å². The van der Waals surface area contributed by atoms with Crippen LogP contribution in [0.3, 0.4) is 0 Å². The Bertz CT molecular complexity index is 519. The second kappa shape index (κ2) is 4.69. The Hall–Kier alpha value is -2.30. The van der Waals surface area contributed by atoms with Gasteiger partial charge in [0.2, 0.25) is 0 Å². The van der Waals surface area contributed by atoms with Gasteiger partial charge in [-0.3, -0.25) is 10.1 Å². The highest BCUT2D eigenvalue weighted by atomic mass is 16.6. The second-order valence-electron chi connectivity index (χ2n) is 3.35. The molecule has 0 aliphatic rings. The van der Waals surface area contributed by atoms with Crippen molar-refractivity contribution in [1.29, 1.82) is 0 Å². The highest BCUT2D eigenvalue weighted by Crippen LogP contribution is 2.32. The molecule has 0 amide bonds. The summed E-state index contributed by atoms with van der Waals surface area (Å²) in [7, 11) is 0. The first-order chi connectivity index (χ1) is 8.22. The van der Waals surface area contributed by atoms with E-state index in [4.69, 9.17) is 9.15 Å². The smallest absolute Gasteiger partial charge is 0.310 e. The molecule has 0 saturated carbocycles. The van der Waals surface area contributed by atoms with Crippen molar-refractivity contribution in [1.82, 2.24) is 0 Å². The molecule has 5 nitrogen and oxygen atoms in total. The molecule has 0 N–H and O–H groups in total. The molecule has 0 aliphatic heterocycles. The average Bonchev–Trinajstić information content (AvgIpc) is 2.82. The fraction of sp³-hybridized carbons (Fsp3) is 0.167. The van der Waals surface area contributed by atoms with Crippen LogP contribution in [-0.4, -0.2) is 11.5 Å². The minimum atomic E-state index is -0.461. The van der Waals surface area contributed by atoms with E-state index in [1.165, 1.54) is 6.07 Å². The number of nitro groups is 1. The Morgan fingerprint density at radius 1 is 1.41 bits per heavy atom. The zero-order valence-corrected chi connectivity index (χ0v) is 9.25. The molecule has 0 radical (unpaired) electrons. The molecule has 1 aromatic carbocycles. The molecule has 0 saturated heterocycles. The van der Waals surface area contributed by atoms with Gasteiger partial charge in [0.05, 0.1) is 17.8 Å². The van der Waals surface area contributed by atoms with Gasteiger partial charge in [0.25, 0.3) is 0 Å². The number of rotatable bonds is 4. The molecule has 0 fully saturated rings. The SMILES string of the molecule is CCOc1cc(-c2ccco2)ccc1[N+](=O)[O-]. The van der Waals surface area contributed by atoms with Crippen molar-refractivity contribution in [3.63, 3.8) is 0 Å². The molecule has 17 heavy (non-hydrogen) atoms. The maximum atomic E-state index is 10.8. The predicted octanol–water partition coefficient (Wildman–Crippen LogP) is 3.25. The summed E-state index contributed by atoms with van der Waals surface area (Å²) in [5.74, 6) is 0.909. The van der Waals surface area contributed by atoms with Crippen LogP contribution in [0.1, 0.15) is 6.92 Å². The lowest BCUT2D eigenvalue weighted by Gasteiger charge is -2.05. The Balaban J connectivity index is 2.45. The van der Waals surface area contributed by atoms with Gasteiger partial charge in [-0.15, -0.1) is 0 Å². The molecule has 0 aliphatic carbocycles. The highest BCUT2D eigenvalue weighted by molar-refractivity contribution is 5.64. The number of furan rings is 1. The summed E-state index contributed by atoms with van der Waals surface area (Å²) in [6.45, 7) is 2.16. The van der Waals surface area contributed by atoms with Crippen LogP contribution in [0.4, 0.5) is 5.69 Å². The van der Waals surface area contributed by atoms with E-state index in [-0.39, 0.29) is 11.4 Å². The zero-order chi connectivity index (χ0) is 12.3. The van der Waals surface area contributed by atoms with Crippen molar-refractivity contribution in [2.24, 2.45) is 0 Å². The van der Waals surface area contributed by atoms with Crippen LogP contribution in [0, 0.1) is 10.1 Å². The lowest BCUT2D eigenvalue weighted by atomic mass is 10.1. The molecular weight excluding hydrogens is 222 g/mol. The Labute approximate surface area is 97.8 Å². The van der Waals surface area contributed by atoms with Crippen molar-refractivity contribution in [2.45, 2.75) is 6.92 Å². The zero-order valence-electron chi connectivity index (χ0n) is 9.25. The van der Waals surface area contributed by atoms with Gasteiger partial charge in [-0.1, -0.05) is 0 Å². The number of hydrogen-bond acceptors (Lipinski definition) is 4. The van der Waals surface area contributed by atoms with E-state index in [9.17, 15) is 10.1 Å². The van der Waals surface area contributed by atoms with Crippen LogP contribution in [0.15, 0.2) is 41.0 Å². The quantitative estimate of drug-likeness (QED) is 0.600. The first kappa shape index (κ1) is 11.2. The van der Waals surface area contributed by atoms with Crippen LogP contribution in [0.5, 0.6) is 5.75 Å². The summed E-state index contributed by atoms with van der Waals surface area (Å²) >= 11 is 0. The second-order valence-corrected chi connectivity index (χ2v) is 3.35. The third-order valence-electron chi connectivity index (χ3n) is 2.26. The minimum Gasteiger partial charge on any atom is -0.487 e. The van der Waals surface area contributed by atoms with E-state index < -0.39 is 4.92 Å². The van der Waals surface area contributed by atoms with Gasteiger partial charge in [0.15, 0.2) is 5.75 Å². The van der Waals surface area contributed by atoms with Crippen LogP contribution < -0.4 is 4.74 Å². The standard InChI is InChI=1S/C12H11NO4/c1-2-16-12-8-9(11-4-3-7-17-11)5-6-10(12)13(14)15/h3-8H,2H2,1H3. The molecule has 1 heterocycles. The molecule has 5 heteroatoms. The summed E-state index contributed by atoms with van der Waals surface area (Å²) in [6.07, 6.45) is 1.55. The Morgan fingerprint density at radius 2 is 2.24 bits per heavy atom. The summed E-state index contributed by atoms with van der Waals surface area (Å²) in [5, 5.41) is 10.8. The molecular formula is C12H11NO4. The maximum Gasteiger partial charge on any atom is 0.310 e. The van der Waals surface area contributed by atoms with Crippen molar-refractivity contribution >= 4 is 5.69 Å². The van der Waals surface area contributed by atoms with Crippen LogP contribution in [-0.2, 0) is 0 Å². The molecule has 0 bridgehead atoms. The number of nitrogens with zero attached hydrogens (tertiary/aromatic N) is 1. The minimum absolute atomic E-state index is 0.0397. The summed E-state index contributed by atoms with van der Waals surface area (Å²) in [4.78, 5) is 10.3. The van der Waals surface area contributed by atoms with Crippen molar-refractivity contribution in [3.05, 3.63) is 46.7 Å². The number of hydrogen-bond donors (Lipinski definition) is 0. The van der Waals surface area contributed by atoms with E-state index >= 15 is 0 Å². The van der Waals surface area contributed by atoms with Gasteiger partial charge in [-0.2, -0.15) is 0 Å². The van der Waals surface area contributed by atoms with Crippen LogP contribution >= 0.6 is 0 Å². The van der Waals surface area contributed by atoms with E-state index in [0.29, 0.717) is 12.4 Å². The lowest BCUT2D eigenvalue weighted by Crippen LogP contribution is -1.97. The van der Waals surface area contributed by atoms with E-state index in [1.807, 2.05) is 0 Å². The van der Waals surface area contributed by atoms with Crippen molar-refractivity contribution in [3.8, 4) is 17.1 Å². The first-order valence-electron chi connectivity index (χ1n) is 5.17. The molecule has 0 atom stereocenters. The summed E-state index contributed by atoms with van der Waals surface area (Å²) in [6, 6.07) is 8.22. The number of nitro benzene ring substituents is 1. The Kier molecular flexibility index (Phi) is 3.09. The highest BCUT2D eigenvalue weighted by Gasteiger charge is 2.16. The monoisotopic (exact) mass is 233 g/mol. The van der Waals surface area contributed by atoms with Gasteiger partial charge in [-0.05, 0) is 31.2 Å². The van der Waals surface area contributed by atoms with Crippen LogP contribution in [0.25, 0.3) is 11.3 Å². The largest absolute Gasteiger partial charge is 0.487 e. The van der Waals surface area contributed by atoms with Gasteiger partial charge in [0, 0.05) is 11.6 Å². The van der Waals surface area contributed by atoms with E-state index in [2.05, 4.69) is 0 Å². The number of ether oxygens (including phenoxy) is 1. The summed E-state index contributed by atoms with van der Waals surface area (Å²) in [5.41, 5.74) is 0.714. The summed E-state index contributed by atoms with van der Waals surface area (Å²) < 4.78 is 10.5. The molecule has 2 aromatic rings. The average molecular weight is 233 g/mol. The molecule has 0 unspecified atom stereocenters. The fourth-order valence-electron chi connectivity index (χ4n) is 1.53. The molecule has 88 valence electrons. The third-order valence-corrected chi connectivity index (χ3v) is 2.26. The predicted molar refractivity (Wildman–Crippen MR) is 62.0 cm³/mol. The molecule has 0 spiro atoms. The van der Waals surface area contributed by atoms with Gasteiger partial charge in [-0.25, -0.2) is 0 Å². The van der Waals surface area contributed by atoms with Crippen molar-refractivity contribution < 1.29 is 14.1 Å². The van der Waals surface area contributed by atoms with Crippen LogP contribution in [0.2, 0.25) is 0 Å².